The number of hydrogen-bond acceptors (Lipinski definition) is 6. The van der Waals surface area contributed by atoms with Crippen molar-refractivity contribution >= 4 is 17.9 Å². The largest absolute Gasteiger partial charge is 0.462 e. The maximum atomic E-state index is 12.7. The molecule has 0 rings (SSSR count). The Morgan fingerprint density at radius 3 is 0.953 bits per heavy atom. The fraction of sp³-hybridized carbons (Fsp3) is 0.810. The summed E-state index contributed by atoms with van der Waals surface area (Å²) in [6.07, 6.45) is 64.1. The normalized spacial score (nSPS) is 12.4. The van der Waals surface area contributed by atoms with E-state index in [0.29, 0.717) is 19.3 Å². The molecule has 0 aromatic carbocycles. The molecule has 0 bridgehead atoms. The number of rotatable bonds is 50. The summed E-state index contributed by atoms with van der Waals surface area (Å²) in [7, 11) is 0. The van der Waals surface area contributed by atoms with Crippen molar-refractivity contribution in [3.8, 4) is 0 Å². The quantitative estimate of drug-likeness (QED) is 0.0262. The summed E-state index contributed by atoms with van der Waals surface area (Å²) in [5.74, 6) is -0.865. The molecule has 372 valence electrons. The lowest BCUT2D eigenvalue weighted by Gasteiger charge is -2.18. The van der Waals surface area contributed by atoms with Crippen molar-refractivity contribution in [2.24, 2.45) is 0 Å². The van der Waals surface area contributed by atoms with E-state index in [1.807, 2.05) is 0 Å². The second-order valence-corrected chi connectivity index (χ2v) is 18.5. The summed E-state index contributed by atoms with van der Waals surface area (Å²) in [6, 6.07) is 0. The van der Waals surface area contributed by atoms with Gasteiger partial charge < -0.3 is 14.2 Å². The highest BCUT2D eigenvalue weighted by molar-refractivity contribution is 5.71. The summed E-state index contributed by atoms with van der Waals surface area (Å²) < 4.78 is 16.7. The van der Waals surface area contributed by atoms with Gasteiger partial charge >= 0.3 is 17.9 Å². The zero-order valence-corrected chi connectivity index (χ0v) is 42.6. The Bertz CT molecular complexity index is 1120. The Kier molecular flexibility index (Phi) is 50.8. The molecule has 0 aromatic rings. The zero-order chi connectivity index (χ0) is 46.5. The number of ether oxygens (including phenoxy) is 3. The molecular weight excluding hydrogens is 793 g/mol. The van der Waals surface area contributed by atoms with Crippen LogP contribution in [0, 0.1) is 0 Å². The average Bonchev–Trinajstić information content (AvgIpc) is 3.29. The van der Waals surface area contributed by atoms with Gasteiger partial charge in [0.25, 0.3) is 0 Å². The number of esters is 3. The summed E-state index contributed by atoms with van der Waals surface area (Å²) in [6.45, 7) is 6.50. The van der Waals surface area contributed by atoms with E-state index in [9.17, 15) is 14.4 Å². The summed E-state index contributed by atoms with van der Waals surface area (Å²) in [4.78, 5) is 37.8. The van der Waals surface area contributed by atoms with Crippen molar-refractivity contribution in [3.63, 3.8) is 0 Å². The highest BCUT2D eigenvalue weighted by atomic mass is 16.6. The monoisotopic (exact) mass is 897 g/mol. The van der Waals surface area contributed by atoms with Crippen LogP contribution >= 0.6 is 0 Å². The summed E-state index contributed by atoms with van der Waals surface area (Å²) >= 11 is 0. The van der Waals surface area contributed by atoms with Crippen LogP contribution in [0.4, 0.5) is 0 Å². The fourth-order valence-corrected chi connectivity index (χ4v) is 7.96. The molecule has 64 heavy (non-hydrogen) atoms. The van der Waals surface area contributed by atoms with Crippen molar-refractivity contribution in [1.29, 1.82) is 0 Å². The third-order valence-electron chi connectivity index (χ3n) is 12.1. The minimum absolute atomic E-state index is 0.0689. The molecule has 0 aliphatic carbocycles. The minimum Gasteiger partial charge on any atom is -0.462 e. The van der Waals surface area contributed by atoms with Crippen LogP contribution in [0.2, 0.25) is 0 Å². The molecule has 0 radical (unpaired) electrons. The van der Waals surface area contributed by atoms with Gasteiger partial charge in [0.2, 0.25) is 0 Å². The van der Waals surface area contributed by atoms with Crippen LogP contribution in [0.15, 0.2) is 48.6 Å². The topological polar surface area (TPSA) is 78.9 Å². The number of carbonyl (C=O) groups is 3. The highest BCUT2D eigenvalue weighted by Gasteiger charge is 2.19. The number of carbonyl (C=O) groups excluding carboxylic acids is 3. The van der Waals surface area contributed by atoms with E-state index >= 15 is 0 Å². The van der Waals surface area contributed by atoms with Crippen molar-refractivity contribution in [3.05, 3.63) is 48.6 Å². The lowest BCUT2D eigenvalue weighted by Crippen LogP contribution is -2.30. The number of unbranched alkanes of at least 4 members (excludes halogenated alkanes) is 31. The predicted octanol–water partition coefficient (Wildman–Crippen LogP) is 18.3. The van der Waals surface area contributed by atoms with Gasteiger partial charge in [-0.2, -0.15) is 0 Å². The lowest BCUT2D eigenvalue weighted by molar-refractivity contribution is -0.167. The molecule has 6 heteroatoms. The molecule has 6 nitrogen and oxygen atoms in total. The predicted molar refractivity (Wildman–Crippen MR) is 275 cm³/mol. The molecule has 1 unspecified atom stereocenters. The van der Waals surface area contributed by atoms with Crippen LogP contribution in [0.25, 0.3) is 0 Å². The van der Waals surface area contributed by atoms with Gasteiger partial charge in [-0.15, -0.1) is 0 Å². The third kappa shape index (κ3) is 50.4. The van der Waals surface area contributed by atoms with Crippen LogP contribution in [0.3, 0.4) is 0 Å². The second-order valence-electron chi connectivity index (χ2n) is 18.5. The Hall–Kier alpha value is -2.63. The molecule has 0 fully saturated rings. The van der Waals surface area contributed by atoms with Crippen molar-refractivity contribution < 1.29 is 28.6 Å². The van der Waals surface area contributed by atoms with Gasteiger partial charge in [0.1, 0.15) is 13.2 Å². The first kappa shape index (κ1) is 61.4. The second kappa shape index (κ2) is 53.0. The molecule has 0 saturated heterocycles. The van der Waals surface area contributed by atoms with E-state index in [0.717, 1.165) is 83.5 Å². The molecule has 0 N–H and O–H groups in total. The van der Waals surface area contributed by atoms with Crippen LogP contribution < -0.4 is 0 Å². The van der Waals surface area contributed by atoms with Crippen molar-refractivity contribution in [2.75, 3.05) is 13.2 Å². The van der Waals surface area contributed by atoms with Gasteiger partial charge in [-0.25, -0.2) is 0 Å². The Morgan fingerprint density at radius 1 is 0.328 bits per heavy atom. The van der Waals surface area contributed by atoms with Crippen LogP contribution in [-0.2, 0) is 28.6 Å². The van der Waals surface area contributed by atoms with E-state index < -0.39 is 6.10 Å². The van der Waals surface area contributed by atoms with Gasteiger partial charge in [-0.3, -0.25) is 14.4 Å². The van der Waals surface area contributed by atoms with Crippen LogP contribution in [0.1, 0.15) is 284 Å². The molecule has 0 aliphatic heterocycles. The van der Waals surface area contributed by atoms with E-state index in [2.05, 4.69) is 69.4 Å². The van der Waals surface area contributed by atoms with Gasteiger partial charge in [-0.1, -0.05) is 256 Å². The molecular formula is C58H104O6. The Labute approximate surface area is 397 Å². The SMILES string of the molecule is CC/C=C\C/C=C\C/C=C\C/C=C\CCCCCCCCCCCCCCCCC(=O)OCC(COC(=O)CCCCCCCCC)OC(=O)CCCCCCCCCCCCCC. The highest BCUT2D eigenvalue weighted by Crippen LogP contribution is 2.16. The van der Waals surface area contributed by atoms with Gasteiger partial charge in [0.05, 0.1) is 0 Å². The van der Waals surface area contributed by atoms with Gasteiger partial charge in [-0.05, 0) is 57.8 Å². The lowest BCUT2D eigenvalue weighted by atomic mass is 10.0. The summed E-state index contributed by atoms with van der Waals surface area (Å²) in [5, 5.41) is 0. The fourth-order valence-electron chi connectivity index (χ4n) is 7.96. The summed E-state index contributed by atoms with van der Waals surface area (Å²) in [5.41, 5.74) is 0. The minimum atomic E-state index is -0.765. The first-order valence-corrected chi connectivity index (χ1v) is 27.6. The average molecular weight is 897 g/mol. The third-order valence-corrected chi connectivity index (χ3v) is 12.1. The zero-order valence-electron chi connectivity index (χ0n) is 42.6. The first-order valence-electron chi connectivity index (χ1n) is 27.6. The first-order chi connectivity index (χ1) is 31.5. The Balaban J connectivity index is 4.06. The smallest absolute Gasteiger partial charge is 0.306 e. The molecule has 0 saturated carbocycles. The van der Waals surface area contributed by atoms with Gasteiger partial charge in [0, 0.05) is 19.3 Å². The van der Waals surface area contributed by atoms with Crippen molar-refractivity contribution in [2.45, 2.75) is 290 Å². The van der Waals surface area contributed by atoms with Crippen LogP contribution in [-0.4, -0.2) is 37.2 Å². The maximum Gasteiger partial charge on any atom is 0.306 e. The number of hydrogen-bond donors (Lipinski definition) is 0. The van der Waals surface area contributed by atoms with Gasteiger partial charge in [0.15, 0.2) is 6.10 Å². The molecule has 0 aliphatic rings. The molecule has 1 atom stereocenters. The molecule has 0 heterocycles. The maximum absolute atomic E-state index is 12.7. The Morgan fingerprint density at radius 2 is 0.609 bits per heavy atom. The van der Waals surface area contributed by atoms with E-state index in [4.69, 9.17) is 14.2 Å². The van der Waals surface area contributed by atoms with E-state index in [1.165, 1.54) is 161 Å². The van der Waals surface area contributed by atoms with Crippen LogP contribution in [0.5, 0.6) is 0 Å². The molecule has 0 amide bonds. The van der Waals surface area contributed by atoms with E-state index in [1.54, 1.807) is 0 Å². The molecule has 0 spiro atoms. The van der Waals surface area contributed by atoms with E-state index in [-0.39, 0.29) is 31.1 Å². The standard InChI is InChI=1S/C58H104O6/c1-4-7-10-13-16-18-20-22-23-24-25-26-27-28-29-30-31-32-33-34-35-36-38-39-42-45-48-51-57(60)63-54-55(53-62-56(59)50-47-44-41-15-12-9-6-3)64-58(61)52-49-46-43-40-37-21-19-17-14-11-8-5-2/h7,10,16,18,22-23,25-26,55H,4-6,8-9,11-15,17,19-21,24,27-54H2,1-3H3/b10-7-,18-16-,23-22-,26-25-. The molecule has 0 aromatic heterocycles. The number of allylic oxidation sites excluding steroid dienone is 8. The van der Waals surface area contributed by atoms with Crippen molar-refractivity contribution in [1.82, 2.24) is 0 Å².